The number of hydrogen-bond acceptors (Lipinski definition) is 4. The molecule has 1 amide bonds. The van der Waals surface area contributed by atoms with Crippen molar-refractivity contribution in [3.05, 3.63) is 29.8 Å². The van der Waals surface area contributed by atoms with E-state index in [-0.39, 0.29) is 17.3 Å². The predicted octanol–water partition coefficient (Wildman–Crippen LogP) is 2.44. The highest BCUT2D eigenvalue weighted by atomic mass is 16.5. The number of rotatable bonds is 4. The minimum atomic E-state index is -0.177. The predicted molar refractivity (Wildman–Crippen MR) is 86.5 cm³/mol. The molecule has 0 aliphatic carbocycles. The number of hydrogen-bond donors (Lipinski definition) is 1. The first-order chi connectivity index (χ1) is 11.1. The van der Waals surface area contributed by atoms with Crippen LogP contribution < -0.4 is 0 Å². The maximum atomic E-state index is 12.7. The number of amides is 1. The number of benzene rings is 1. The fourth-order valence-electron chi connectivity index (χ4n) is 3.75. The third kappa shape index (κ3) is 3.67. The Kier molecular flexibility index (Phi) is 4.87. The third-order valence-corrected chi connectivity index (χ3v) is 4.96. The molecule has 0 aromatic heterocycles. The van der Waals surface area contributed by atoms with Gasteiger partial charge in [0.25, 0.3) is 5.91 Å². The number of phenolic OH excluding ortho intramolecular Hbond substituents is 1. The standard InChI is InChI=1S/C18H25NO4/c1-22-10-7-14-11-18(23-12-14)8-2-9-19(13-18)17(21)15-3-5-16(20)6-4-15/h3-6,14,20H,2,7-13H2,1H3/t14-,18-/m0/s1. The van der Waals surface area contributed by atoms with E-state index in [2.05, 4.69) is 0 Å². The van der Waals surface area contributed by atoms with E-state index >= 15 is 0 Å². The highest BCUT2D eigenvalue weighted by Crippen LogP contribution is 2.39. The normalized spacial score (nSPS) is 27.5. The van der Waals surface area contributed by atoms with Gasteiger partial charge in [-0.1, -0.05) is 0 Å². The van der Waals surface area contributed by atoms with E-state index in [1.54, 1.807) is 31.4 Å². The molecule has 2 fully saturated rings. The smallest absolute Gasteiger partial charge is 0.253 e. The molecular weight excluding hydrogens is 294 g/mol. The van der Waals surface area contributed by atoms with E-state index in [0.717, 1.165) is 45.4 Å². The van der Waals surface area contributed by atoms with Crippen molar-refractivity contribution in [1.29, 1.82) is 0 Å². The van der Waals surface area contributed by atoms with Crippen LogP contribution in [0.1, 0.15) is 36.0 Å². The van der Waals surface area contributed by atoms with Crippen molar-refractivity contribution in [2.24, 2.45) is 5.92 Å². The fraction of sp³-hybridized carbons (Fsp3) is 0.611. The topological polar surface area (TPSA) is 59.0 Å². The summed E-state index contributed by atoms with van der Waals surface area (Å²) in [7, 11) is 1.73. The van der Waals surface area contributed by atoms with Crippen LogP contribution in [0, 0.1) is 5.92 Å². The van der Waals surface area contributed by atoms with Crippen LogP contribution in [0.25, 0.3) is 0 Å². The number of methoxy groups -OCH3 is 1. The molecule has 2 aliphatic heterocycles. The first kappa shape index (κ1) is 16.3. The van der Waals surface area contributed by atoms with Crippen LogP contribution in [0.5, 0.6) is 5.75 Å². The Morgan fingerprint density at radius 1 is 1.43 bits per heavy atom. The number of phenols is 1. The zero-order valence-corrected chi connectivity index (χ0v) is 13.7. The number of likely N-dealkylation sites (tertiary alicyclic amines) is 1. The van der Waals surface area contributed by atoms with Gasteiger partial charge in [-0.3, -0.25) is 4.79 Å². The molecular formula is C18H25NO4. The molecule has 2 atom stereocenters. The number of aromatic hydroxyl groups is 1. The Balaban J connectivity index is 1.64. The number of nitrogens with zero attached hydrogens (tertiary/aromatic N) is 1. The monoisotopic (exact) mass is 319 g/mol. The Hall–Kier alpha value is -1.59. The van der Waals surface area contributed by atoms with Crippen molar-refractivity contribution in [2.45, 2.75) is 31.3 Å². The summed E-state index contributed by atoms with van der Waals surface area (Å²) in [6.07, 6.45) is 4.02. The molecule has 1 aromatic carbocycles. The molecule has 5 nitrogen and oxygen atoms in total. The molecule has 1 aromatic rings. The second-order valence-electron chi connectivity index (χ2n) is 6.72. The van der Waals surface area contributed by atoms with Crippen LogP contribution in [0.3, 0.4) is 0 Å². The van der Waals surface area contributed by atoms with Crippen LogP contribution in [0.2, 0.25) is 0 Å². The summed E-state index contributed by atoms with van der Waals surface area (Å²) >= 11 is 0. The van der Waals surface area contributed by atoms with Gasteiger partial charge in [0.15, 0.2) is 0 Å². The molecule has 0 saturated carbocycles. The number of carbonyl (C=O) groups excluding carboxylic acids is 1. The maximum absolute atomic E-state index is 12.7. The summed E-state index contributed by atoms with van der Waals surface area (Å²) in [5.41, 5.74) is 0.442. The van der Waals surface area contributed by atoms with Gasteiger partial charge in [0.2, 0.25) is 0 Å². The molecule has 126 valence electrons. The summed E-state index contributed by atoms with van der Waals surface area (Å²) in [6, 6.07) is 6.46. The lowest BCUT2D eigenvalue weighted by atomic mass is 9.85. The minimum Gasteiger partial charge on any atom is -0.508 e. The Labute approximate surface area is 137 Å². The summed E-state index contributed by atoms with van der Waals surface area (Å²) in [4.78, 5) is 14.6. The van der Waals surface area contributed by atoms with Gasteiger partial charge in [-0.25, -0.2) is 0 Å². The summed E-state index contributed by atoms with van der Waals surface area (Å²) in [5, 5.41) is 9.36. The van der Waals surface area contributed by atoms with Crippen LogP contribution in [0.15, 0.2) is 24.3 Å². The first-order valence-electron chi connectivity index (χ1n) is 8.33. The summed E-state index contributed by atoms with van der Waals surface area (Å²) in [6.45, 7) is 2.97. The molecule has 2 heterocycles. The van der Waals surface area contributed by atoms with Crippen LogP contribution >= 0.6 is 0 Å². The van der Waals surface area contributed by atoms with Crippen molar-refractivity contribution in [3.63, 3.8) is 0 Å². The van der Waals surface area contributed by atoms with Gasteiger partial charge in [0.1, 0.15) is 5.75 Å². The molecule has 0 unspecified atom stereocenters. The van der Waals surface area contributed by atoms with E-state index in [1.807, 2.05) is 4.90 Å². The van der Waals surface area contributed by atoms with Gasteiger partial charge >= 0.3 is 0 Å². The van der Waals surface area contributed by atoms with Gasteiger partial charge in [-0.15, -0.1) is 0 Å². The van der Waals surface area contributed by atoms with Crippen LogP contribution in [-0.4, -0.2) is 54.9 Å². The largest absolute Gasteiger partial charge is 0.508 e. The second-order valence-corrected chi connectivity index (χ2v) is 6.72. The average molecular weight is 319 g/mol. The van der Waals surface area contributed by atoms with Gasteiger partial charge in [0, 0.05) is 32.4 Å². The number of ether oxygens (including phenoxy) is 2. The molecule has 1 N–H and O–H groups in total. The molecule has 5 heteroatoms. The SMILES string of the molecule is COCC[C@@H]1CO[C@@]2(CCCN(C(=O)c3ccc(O)cc3)C2)C1. The van der Waals surface area contributed by atoms with Gasteiger partial charge in [-0.2, -0.15) is 0 Å². The number of piperidine rings is 1. The van der Waals surface area contributed by atoms with E-state index in [0.29, 0.717) is 18.0 Å². The third-order valence-electron chi connectivity index (χ3n) is 4.96. The van der Waals surface area contributed by atoms with Crippen molar-refractivity contribution in [1.82, 2.24) is 4.90 Å². The minimum absolute atomic E-state index is 0.0213. The average Bonchev–Trinajstić information content (AvgIpc) is 2.95. The number of carbonyl (C=O) groups is 1. The van der Waals surface area contributed by atoms with Crippen LogP contribution in [-0.2, 0) is 9.47 Å². The molecule has 1 spiro atoms. The lowest BCUT2D eigenvalue weighted by Crippen LogP contribution is -2.50. The Morgan fingerprint density at radius 3 is 2.96 bits per heavy atom. The highest BCUT2D eigenvalue weighted by Gasteiger charge is 2.44. The molecule has 0 radical (unpaired) electrons. The lowest BCUT2D eigenvalue weighted by Gasteiger charge is -2.40. The van der Waals surface area contributed by atoms with E-state index in [1.165, 1.54) is 0 Å². The Bertz CT molecular complexity index is 544. The van der Waals surface area contributed by atoms with Crippen molar-refractivity contribution < 1.29 is 19.4 Å². The Morgan fingerprint density at radius 2 is 2.22 bits per heavy atom. The quantitative estimate of drug-likeness (QED) is 0.926. The maximum Gasteiger partial charge on any atom is 0.253 e. The van der Waals surface area contributed by atoms with Gasteiger partial charge in [-0.05, 0) is 55.9 Å². The lowest BCUT2D eigenvalue weighted by molar-refractivity contribution is -0.0450. The first-order valence-corrected chi connectivity index (χ1v) is 8.33. The highest BCUT2D eigenvalue weighted by molar-refractivity contribution is 5.94. The van der Waals surface area contributed by atoms with Gasteiger partial charge in [0.05, 0.1) is 12.2 Å². The van der Waals surface area contributed by atoms with Crippen LogP contribution in [0.4, 0.5) is 0 Å². The van der Waals surface area contributed by atoms with Crippen molar-refractivity contribution >= 4 is 5.91 Å². The molecule has 0 bridgehead atoms. The van der Waals surface area contributed by atoms with Crippen molar-refractivity contribution in [2.75, 3.05) is 33.4 Å². The van der Waals surface area contributed by atoms with Crippen molar-refractivity contribution in [3.8, 4) is 5.75 Å². The fourth-order valence-corrected chi connectivity index (χ4v) is 3.75. The summed E-state index contributed by atoms with van der Waals surface area (Å²) in [5.74, 6) is 0.725. The zero-order valence-electron chi connectivity index (χ0n) is 13.7. The molecule has 23 heavy (non-hydrogen) atoms. The van der Waals surface area contributed by atoms with E-state index < -0.39 is 0 Å². The molecule has 2 aliphatic rings. The second kappa shape index (κ2) is 6.89. The summed E-state index contributed by atoms with van der Waals surface area (Å²) < 4.78 is 11.3. The van der Waals surface area contributed by atoms with Gasteiger partial charge < -0.3 is 19.5 Å². The molecule has 3 rings (SSSR count). The zero-order chi connectivity index (χ0) is 16.3. The molecule has 2 saturated heterocycles. The van der Waals surface area contributed by atoms with E-state index in [4.69, 9.17) is 9.47 Å². The van der Waals surface area contributed by atoms with E-state index in [9.17, 15) is 9.90 Å².